The van der Waals surface area contributed by atoms with Crippen LogP contribution in [0.3, 0.4) is 0 Å². The van der Waals surface area contributed by atoms with E-state index >= 15 is 0 Å². The quantitative estimate of drug-likeness (QED) is 0.577. The summed E-state index contributed by atoms with van der Waals surface area (Å²) in [7, 11) is 0. The highest BCUT2D eigenvalue weighted by atomic mass is 35.5. The van der Waals surface area contributed by atoms with Gasteiger partial charge in [-0.05, 0) is 25.5 Å². The van der Waals surface area contributed by atoms with E-state index in [0.717, 1.165) is 5.56 Å². The van der Waals surface area contributed by atoms with Crippen LogP contribution in [0.2, 0.25) is 5.15 Å². The van der Waals surface area contributed by atoms with Crippen LogP contribution in [-0.2, 0) is 4.74 Å². The van der Waals surface area contributed by atoms with Crippen molar-refractivity contribution in [2.24, 2.45) is 0 Å². The lowest BCUT2D eigenvalue weighted by atomic mass is 10.2. The van der Waals surface area contributed by atoms with Crippen LogP contribution >= 0.6 is 11.6 Å². The molecule has 15 heavy (non-hydrogen) atoms. The molecule has 1 aromatic heterocycles. The summed E-state index contributed by atoms with van der Waals surface area (Å²) in [5, 5.41) is 0.193. The van der Waals surface area contributed by atoms with E-state index in [-0.39, 0.29) is 5.15 Å². The van der Waals surface area contributed by atoms with Crippen molar-refractivity contribution in [2.45, 2.75) is 27.7 Å². The number of hydrogen-bond acceptors (Lipinski definition) is 3. The fourth-order valence-electron chi connectivity index (χ4n) is 0.974. The normalized spacial score (nSPS) is 8.87. The van der Waals surface area contributed by atoms with Gasteiger partial charge in [-0.2, -0.15) is 0 Å². The van der Waals surface area contributed by atoms with Crippen LogP contribution in [0.4, 0.5) is 0 Å². The van der Waals surface area contributed by atoms with Crippen LogP contribution in [0.1, 0.15) is 36.7 Å². The number of nitrogens with zero attached hydrogens (tertiary/aromatic N) is 1. The Hall–Kier alpha value is -1.09. The van der Waals surface area contributed by atoms with Crippen LogP contribution in [0.5, 0.6) is 0 Å². The standard InChI is InChI=1S/C9H10ClNO2.C2H6/c1-3-13-9(12)7-6(2)4-5-11-8(7)10;1-2/h4-5H,3H2,1-2H3;1-2H3. The lowest BCUT2D eigenvalue weighted by Crippen LogP contribution is -2.08. The number of aromatic nitrogens is 1. The van der Waals surface area contributed by atoms with E-state index in [9.17, 15) is 4.79 Å². The maximum Gasteiger partial charge on any atom is 0.341 e. The Balaban J connectivity index is 0.000000921. The highest BCUT2D eigenvalue weighted by Gasteiger charge is 2.14. The van der Waals surface area contributed by atoms with Gasteiger partial charge in [0.15, 0.2) is 0 Å². The largest absolute Gasteiger partial charge is 0.462 e. The van der Waals surface area contributed by atoms with E-state index in [0.29, 0.717) is 12.2 Å². The van der Waals surface area contributed by atoms with Crippen molar-refractivity contribution >= 4 is 17.6 Å². The van der Waals surface area contributed by atoms with Gasteiger partial charge in [-0.3, -0.25) is 0 Å². The van der Waals surface area contributed by atoms with Crippen LogP contribution < -0.4 is 0 Å². The van der Waals surface area contributed by atoms with Gasteiger partial charge in [0, 0.05) is 6.20 Å². The molecule has 0 radical (unpaired) electrons. The van der Waals surface area contributed by atoms with E-state index in [2.05, 4.69) is 4.98 Å². The highest BCUT2D eigenvalue weighted by Crippen LogP contribution is 2.17. The SMILES string of the molecule is CC.CCOC(=O)c1c(C)ccnc1Cl. The van der Waals surface area contributed by atoms with Crippen molar-refractivity contribution in [1.82, 2.24) is 4.98 Å². The summed E-state index contributed by atoms with van der Waals surface area (Å²) in [6, 6.07) is 1.72. The molecule has 1 aromatic rings. The summed E-state index contributed by atoms with van der Waals surface area (Å²) >= 11 is 5.75. The molecule has 0 aliphatic heterocycles. The van der Waals surface area contributed by atoms with Gasteiger partial charge in [0.05, 0.1) is 12.2 Å². The average molecular weight is 230 g/mol. The minimum atomic E-state index is -0.418. The van der Waals surface area contributed by atoms with Crippen molar-refractivity contribution in [3.05, 3.63) is 28.5 Å². The number of ether oxygens (including phenoxy) is 1. The molecule has 0 saturated heterocycles. The molecule has 0 aromatic carbocycles. The first-order valence-electron chi connectivity index (χ1n) is 4.95. The molecule has 0 fully saturated rings. The van der Waals surface area contributed by atoms with Crippen molar-refractivity contribution in [3.63, 3.8) is 0 Å². The fourth-order valence-corrected chi connectivity index (χ4v) is 1.26. The Kier molecular flexibility index (Phi) is 6.71. The van der Waals surface area contributed by atoms with Crippen LogP contribution in [-0.4, -0.2) is 17.6 Å². The molecule has 3 nitrogen and oxygen atoms in total. The van der Waals surface area contributed by atoms with Gasteiger partial charge in [0.1, 0.15) is 5.15 Å². The smallest absolute Gasteiger partial charge is 0.341 e. The Morgan fingerprint density at radius 3 is 2.60 bits per heavy atom. The second-order valence-corrected chi connectivity index (χ2v) is 2.87. The highest BCUT2D eigenvalue weighted by molar-refractivity contribution is 6.32. The Morgan fingerprint density at radius 2 is 2.13 bits per heavy atom. The number of pyridine rings is 1. The maximum absolute atomic E-state index is 11.3. The second kappa shape index (κ2) is 7.23. The van der Waals surface area contributed by atoms with Crippen molar-refractivity contribution in [2.75, 3.05) is 6.61 Å². The van der Waals surface area contributed by atoms with Gasteiger partial charge in [-0.25, -0.2) is 9.78 Å². The zero-order valence-corrected chi connectivity index (χ0v) is 10.3. The maximum atomic E-state index is 11.3. The number of aryl methyl sites for hydroxylation is 1. The third-order valence-electron chi connectivity index (χ3n) is 1.59. The summed E-state index contributed by atoms with van der Waals surface area (Å²) in [4.78, 5) is 15.1. The van der Waals surface area contributed by atoms with E-state index in [1.54, 1.807) is 26.1 Å². The third-order valence-corrected chi connectivity index (χ3v) is 1.88. The first kappa shape index (κ1) is 13.9. The number of carbonyl (C=O) groups excluding carboxylic acids is 1. The first-order valence-corrected chi connectivity index (χ1v) is 5.32. The Labute approximate surface area is 95.4 Å². The predicted molar refractivity (Wildman–Crippen MR) is 61.3 cm³/mol. The monoisotopic (exact) mass is 229 g/mol. The van der Waals surface area contributed by atoms with E-state index in [1.807, 2.05) is 13.8 Å². The molecule has 0 aliphatic rings. The van der Waals surface area contributed by atoms with Crippen molar-refractivity contribution in [1.29, 1.82) is 0 Å². The van der Waals surface area contributed by atoms with E-state index in [4.69, 9.17) is 16.3 Å². The fraction of sp³-hybridized carbons (Fsp3) is 0.455. The summed E-state index contributed by atoms with van der Waals surface area (Å²) in [6.07, 6.45) is 1.56. The summed E-state index contributed by atoms with van der Waals surface area (Å²) < 4.78 is 4.83. The molecule has 0 N–H and O–H groups in total. The molecule has 0 spiro atoms. The molecule has 4 heteroatoms. The molecule has 0 bridgehead atoms. The zero-order chi connectivity index (χ0) is 11.8. The number of esters is 1. The van der Waals surface area contributed by atoms with Crippen LogP contribution in [0.25, 0.3) is 0 Å². The number of rotatable bonds is 2. The molecular weight excluding hydrogens is 214 g/mol. The summed E-state index contributed by atoms with van der Waals surface area (Å²) in [5.74, 6) is -0.418. The van der Waals surface area contributed by atoms with Gasteiger partial charge >= 0.3 is 5.97 Å². The predicted octanol–water partition coefficient (Wildman–Crippen LogP) is 3.25. The molecule has 1 heterocycles. The molecule has 1 rings (SSSR count). The van der Waals surface area contributed by atoms with Gasteiger partial charge in [-0.1, -0.05) is 25.4 Å². The lowest BCUT2D eigenvalue weighted by Gasteiger charge is -2.05. The van der Waals surface area contributed by atoms with E-state index < -0.39 is 5.97 Å². The summed E-state index contributed by atoms with van der Waals surface area (Å²) in [6.45, 7) is 7.88. The third kappa shape index (κ3) is 3.88. The Morgan fingerprint density at radius 1 is 1.53 bits per heavy atom. The zero-order valence-electron chi connectivity index (χ0n) is 9.50. The molecule has 0 aliphatic carbocycles. The number of hydrogen-bond donors (Lipinski definition) is 0. The first-order chi connectivity index (χ1) is 7.16. The van der Waals surface area contributed by atoms with Crippen molar-refractivity contribution in [3.8, 4) is 0 Å². The number of halogens is 1. The van der Waals surface area contributed by atoms with Crippen molar-refractivity contribution < 1.29 is 9.53 Å². The van der Waals surface area contributed by atoms with Crippen LogP contribution in [0.15, 0.2) is 12.3 Å². The van der Waals surface area contributed by atoms with E-state index in [1.165, 1.54) is 0 Å². The molecular formula is C11H16ClNO2. The number of carbonyl (C=O) groups is 1. The van der Waals surface area contributed by atoms with Gasteiger partial charge in [0.2, 0.25) is 0 Å². The lowest BCUT2D eigenvalue weighted by molar-refractivity contribution is 0.0525. The van der Waals surface area contributed by atoms with Gasteiger partial charge in [-0.15, -0.1) is 0 Å². The molecule has 84 valence electrons. The van der Waals surface area contributed by atoms with Gasteiger partial charge in [0.25, 0.3) is 0 Å². The molecule has 0 saturated carbocycles. The van der Waals surface area contributed by atoms with Crippen LogP contribution in [0, 0.1) is 6.92 Å². The molecule has 0 unspecified atom stereocenters. The second-order valence-electron chi connectivity index (χ2n) is 2.51. The molecule has 0 atom stereocenters. The molecule has 0 amide bonds. The average Bonchev–Trinajstić information content (AvgIpc) is 2.21. The summed E-state index contributed by atoms with van der Waals surface area (Å²) in [5.41, 5.74) is 1.13. The Bertz CT molecular complexity index is 306. The van der Waals surface area contributed by atoms with Gasteiger partial charge < -0.3 is 4.74 Å². The minimum absolute atomic E-state index is 0.193. The topological polar surface area (TPSA) is 39.2 Å². The minimum Gasteiger partial charge on any atom is -0.462 e.